The molecule has 2 atom stereocenters. The molecular formula is C27H42ClN3O2. The first-order chi connectivity index (χ1) is 15.6. The van der Waals surface area contributed by atoms with Crippen LogP contribution in [0.15, 0.2) is 24.3 Å². The van der Waals surface area contributed by atoms with Crippen LogP contribution < -0.4 is 0 Å². The summed E-state index contributed by atoms with van der Waals surface area (Å²) < 4.78 is 0. The minimum absolute atomic E-state index is 0.00306. The second-order valence-corrected chi connectivity index (χ2v) is 11.4. The van der Waals surface area contributed by atoms with Gasteiger partial charge in [0, 0.05) is 63.2 Å². The molecule has 1 aromatic carbocycles. The molecule has 0 aromatic heterocycles. The fourth-order valence-electron chi connectivity index (χ4n) is 5.46. The Morgan fingerprint density at radius 2 is 1.70 bits per heavy atom. The van der Waals surface area contributed by atoms with Gasteiger partial charge in [0.1, 0.15) is 0 Å². The Bertz CT molecular complexity index is 797. The van der Waals surface area contributed by atoms with Crippen LogP contribution in [0.1, 0.15) is 78.3 Å². The minimum Gasteiger partial charge on any atom is -0.343 e. The molecule has 0 saturated carbocycles. The number of piperidine rings is 1. The number of rotatable bonds is 6. The molecule has 2 aliphatic rings. The van der Waals surface area contributed by atoms with Crippen molar-refractivity contribution in [2.75, 3.05) is 32.7 Å². The van der Waals surface area contributed by atoms with Gasteiger partial charge in [-0.05, 0) is 48.3 Å². The molecule has 3 rings (SSSR count). The molecule has 2 amide bonds. The Hall–Kier alpha value is -1.59. The van der Waals surface area contributed by atoms with E-state index in [2.05, 4.69) is 49.6 Å². The van der Waals surface area contributed by atoms with Crippen molar-refractivity contribution >= 4 is 23.4 Å². The lowest BCUT2D eigenvalue weighted by Crippen LogP contribution is -2.60. The van der Waals surface area contributed by atoms with Gasteiger partial charge in [0.2, 0.25) is 11.8 Å². The molecule has 0 bridgehead atoms. The average Bonchev–Trinajstić information content (AvgIpc) is 2.77. The van der Waals surface area contributed by atoms with Gasteiger partial charge in [0.15, 0.2) is 0 Å². The predicted octanol–water partition coefficient (Wildman–Crippen LogP) is 5.39. The maximum Gasteiger partial charge on any atom is 0.223 e. The molecule has 0 aliphatic carbocycles. The van der Waals surface area contributed by atoms with E-state index < -0.39 is 0 Å². The van der Waals surface area contributed by atoms with Gasteiger partial charge in [-0.1, -0.05) is 57.8 Å². The van der Waals surface area contributed by atoms with Crippen LogP contribution in [0.3, 0.4) is 0 Å². The normalized spacial score (nSPS) is 21.8. The summed E-state index contributed by atoms with van der Waals surface area (Å²) in [5.74, 6) is 0.814. The zero-order valence-corrected chi connectivity index (χ0v) is 21.9. The van der Waals surface area contributed by atoms with Gasteiger partial charge in [-0.25, -0.2) is 0 Å². The fourth-order valence-corrected chi connectivity index (χ4v) is 5.59. The molecule has 0 radical (unpaired) electrons. The first kappa shape index (κ1) is 26.0. The SMILES string of the molecule is CCCC(c1ccc(Cl)cc1)N1CCN(C(=O)CC2CCN(C(C)=O)CC2)[C@@H](C(C)(C)C)C1. The Balaban J connectivity index is 1.69. The molecule has 2 aliphatic heterocycles. The molecular weight excluding hydrogens is 434 g/mol. The van der Waals surface area contributed by atoms with Crippen molar-refractivity contribution in [3.63, 3.8) is 0 Å². The van der Waals surface area contributed by atoms with Crippen LogP contribution in [0, 0.1) is 11.3 Å². The quantitative estimate of drug-likeness (QED) is 0.554. The van der Waals surface area contributed by atoms with Crippen LogP contribution in [0.5, 0.6) is 0 Å². The lowest BCUT2D eigenvalue weighted by atomic mass is 9.82. The van der Waals surface area contributed by atoms with Gasteiger partial charge >= 0.3 is 0 Å². The Morgan fingerprint density at radius 1 is 1.06 bits per heavy atom. The third kappa shape index (κ3) is 6.73. The van der Waals surface area contributed by atoms with E-state index in [1.165, 1.54) is 5.56 Å². The van der Waals surface area contributed by atoms with E-state index in [4.69, 9.17) is 11.6 Å². The Labute approximate surface area is 205 Å². The largest absolute Gasteiger partial charge is 0.343 e. The molecule has 2 fully saturated rings. The first-order valence-electron chi connectivity index (χ1n) is 12.6. The molecule has 0 spiro atoms. The zero-order valence-electron chi connectivity index (χ0n) is 21.1. The van der Waals surface area contributed by atoms with Crippen molar-refractivity contribution in [1.82, 2.24) is 14.7 Å². The number of benzene rings is 1. The number of amides is 2. The number of halogens is 1. The molecule has 1 aromatic rings. The molecule has 2 saturated heterocycles. The van der Waals surface area contributed by atoms with Crippen molar-refractivity contribution in [2.24, 2.45) is 11.3 Å². The van der Waals surface area contributed by atoms with Crippen molar-refractivity contribution in [2.45, 2.75) is 78.8 Å². The lowest BCUT2D eigenvalue weighted by Gasteiger charge is -2.50. The van der Waals surface area contributed by atoms with E-state index in [0.29, 0.717) is 18.4 Å². The van der Waals surface area contributed by atoms with Gasteiger partial charge in [-0.3, -0.25) is 14.5 Å². The van der Waals surface area contributed by atoms with E-state index in [0.717, 1.165) is 63.4 Å². The predicted molar refractivity (Wildman–Crippen MR) is 135 cm³/mol. The number of nitrogens with zero attached hydrogens (tertiary/aromatic N) is 3. The second kappa shape index (κ2) is 11.2. The summed E-state index contributed by atoms with van der Waals surface area (Å²) in [5, 5.41) is 0.770. The molecule has 0 N–H and O–H groups in total. The average molecular weight is 476 g/mol. The van der Waals surface area contributed by atoms with Crippen LogP contribution in [0.25, 0.3) is 0 Å². The van der Waals surface area contributed by atoms with Gasteiger partial charge in [0.25, 0.3) is 0 Å². The van der Waals surface area contributed by atoms with E-state index >= 15 is 0 Å². The molecule has 184 valence electrons. The maximum atomic E-state index is 13.5. The lowest BCUT2D eigenvalue weighted by molar-refractivity contribution is -0.142. The van der Waals surface area contributed by atoms with Crippen molar-refractivity contribution in [1.29, 1.82) is 0 Å². The second-order valence-electron chi connectivity index (χ2n) is 11.0. The van der Waals surface area contributed by atoms with Crippen molar-refractivity contribution in [3.8, 4) is 0 Å². The van der Waals surface area contributed by atoms with Crippen LogP contribution in [-0.2, 0) is 9.59 Å². The maximum absolute atomic E-state index is 13.5. The van der Waals surface area contributed by atoms with Crippen molar-refractivity contribution < 1.29 is 9.59 Å². The van der Waals surface area contributed by atoms with Crippen LogP contribution in [0.2, 0.25) is 5.02 Å². The number of carbonyl (C=O) groups excluding carboxylic acids is 2. The standard InChI is InChI=1S/C27H42ClN3O2/c1-6-7-24(22-8-10-23(28)11-9-22)30-16-17-31(25(19-30)27(3,4)5)26(33)18-21-12-14-29(15-13-21)20(2)32/h8-11,21,24-25H,6-7,12-19H2,1-5H3/t24?,25-/m1/s1. The summed E-state index contributed by atoms with van der Waals surface area (Å²) in [7, 11) is 0. The number of carbonyl (C=O) groups is 2. The topological polar surface area (TPSA) is 43.9 Å². The number of likely N-dealkylation sites (tertiary alicyclic amines) is 1. The van der Waals surface area contributed by atoms with E-state index in [1.807, 2.05) is 17.0 Å². The smallest absolute Gasteiger partial charge is 0.223 e. The first-order valence-corrected chi connectivity index (χ1v) is 13.0. The van der Waals surface area contributed by atoms with Gasteiger partial charge < -0.3 is 9.80 Å². The monoisotopic (exact) mass is 475 g/mol. The van der Waals surface area contributed by atoms with Crippen LogP contribution >= 0.6 is 11.6 Å². The highest BCUT2D eigenvalue weighted by Gasteiger charge is 2.40. The Kier molecular flexibility index (Phi) is 8.85. The summed E-state index contributed by atoms with van der Waals surface area (Å²) in [6.45, 7) is 14.8. The van der Waals surface area contributed by atoms with Gasteiger partial charge in [-0.2, -0.15) is 0 Å². The number of hydrogen-bond donors (Lipinski definition) is 0. The minimum atomic E-state index is 0.00306. The zero-order chi connectivity index (χ0) is 24.2. The summed E-state index contributed by atoms with van der Waals surface area (Å²) in [5.41, 5.74) is 1.31. The van der Waals surface area contributed by atoms with Crippen molar-refractivity contribution in [3.05, 3.63) is 34.9 Å². The third-order valence-corrected chi connectivity index (χ3v) is 7.76. The molecule has 6 heteroatoms. The third-order valence-electron chi connectivity index (χ3n) is 7.51. The molecule has 5 nitrogen and oxygen atoms in total. The number of piperazine rings is 1. The summed E-state index contributed by atoms with van der Waals surface area (Å²) in [6.07, 6.45) is 4.68. The Morgan fingerprint density at radius 3 is 2.24 bits per heavy atom. The highest BCUT2D eigenvalue weighted by atomic mass is 35.5. The molecule has 33 heavy (non-hydrogen) atoms. The van der Waals surface area contributed by atoms with E-state index in [-0.39, 0.29) is 23.3 Å². The molecule has 2 heterocycles. The van der Waals surface area contributed by atoms with Gasteiger partial charge in [-0.15, -0.1) is 0 Å². The summed E-state index contributed by atoms with van der Waals surface area (Å²) >= 11 is 6.14. The number of hydrogen-bond acceptors (Lipinski definition) is 3. The highest BCUT2D eigenvalue weighted by molar-refractivity contribution is 6.30. The van der Waals surface area contributed by atoms with Gasteiger partial charge in [0.05, 0.1) is 0 Å². The highest BCUT2D eigenvalue weighted by Crippen LogP contribution is 2.35. The fraction of sp³-hybridized carbons (Fsp3) is 0.704. The van der Waals surface area contributed by atoms with E-state index in [1.54, 1.807) is 6.92 Å². The molecule has 1 unspecified atom stereocenters. The van der Waals surface area contributed by atoms with Crippen LogP contribution in [-0.4, -0.2) is 65.3 Å². The summed E-state index contributed by atoms with van der Waals surface area (Å²) in [4.78, 5) is 31.7. The van der Waals surface area contributed by atoms with Crippen LogP contribution in [0.4, 0.5) is 0 Å². The van der Waals surface area contributed by atoms with E-state index in [9.17, 15) is 9.59 Å². The summed E-state index contributed by atoms with van der Waals surface area (Å²) in [6, 6.07) is 8.81.